The van der Waals surface area contributed by atoms with Crippen molar-refractivity contribution in [2.24, 2.45) is 4.99 Å². The highest BCUT2D eigenvalue weighted by Crippen LogP contribution is 2.16. The lowest BCUT2D eigenvalue weighted by molar-refractivity contribution is 0.0950. The molecule has 3 N–H and O–H groups in total. The molecule has 0 bridgehead atoms. The third-order valence-electron chi connectivity index (χ3n) is 4.21. The lowest BCUT2D eigenvalue weighted by Crippen LogP contribution is -2.23. The molecule has 0 saturated heterocycles. The summed E-state index contributed by atoms with van der Waals surface area (Å²) in [6.45, 7) is 3.79. The second-order valence-corrected chi connectivity index (χ2v) is 6.27. The van der Waals surface area contributed by atoms with Crippen LogP contribution in [0.25, 0.3) is 0 Å². The van der Waals surface area contributed by atoms with Crippen LogP contribution in [-0.2, 0) is 13.0 Å². The van der Waals surface area contributed by atoms with Gasteiger partial charge in [-0.05, 0) is 35.4 Å². The topological polar surface area (TPSA) is 93.3 Å². The molecule has 1 heterocycles. The van der Waals surface area contributed by atoms with E-state index in [1.165, 1.54) is 24.7 Å². The van der Waals surface area contributed by atoms with Gasteiger partial charge >= 0.3 is 0 Å². The van der Waals surface area contributed by atoms with Gasteiger partial charge in [-0.25, -0.2) is 14.4 Å². The van der Waals surface area contributed by atoms with Crippen LogP contribution in [0.15, 0.2) is 72.6 Å². The lowest BCUT2D eigenvalue weighted by atomic mass is 10.0. The van der Waals surface area contributed by atoms with Gasteiger partial charge in [-0.15, -0.1) is 0 Å². The Morgan fingerprint density at radius 1 is 1.17 bits per heavy atom. The Balaban J connectivity index is 1.74. The fraction of sp³-hybridized carbons (Fsp3) is 0.0909. The third-order valence-corrected chi connectivity index (χ3v) is 4.21. The van der Waals surface area contributed by atoms with Gasteiger partial charge in [0.05, 0.1) is 11.3 Å². The Kier molecular flexibility index (Phi) is 6.42. The number of halogens is 1. The summed E-state index contributed by atoms with van der Waals surface area (Å²) >= 11 is 0. The van der Waals surface area contributed by atoms with Crippen molar-refractivity contribution in [3.8, 4) is 0 Å². The quantitative estimate of drug-likeness (QED) is 0.607. The zero-order chi connectivity index (χ0) is 20.6. The molecule has 0 fully saturated rings. The Labute approximate surface area is 168 Å². The van der Waals surface area contributed by atoms with Crippen LogP contribution in [0, 0.1) is 5.82 Å². The molecule has 0 unspecified atom stereocenters. The van der Waals surface area contributed by atoms with E-state index in [1.807, 2.05) is 6.07 Å². The molecular formula is C22H20FN5O. The van der Waals surface area contributed by atoms with E-state index in [4.69, 9.17) is 5.73 Å². The largest absolute Gasteiger partial charge is 0.383 e. The fourth-order valence-electron chi connectivity index (χ4n) is 2.80. The zero-order valence-electron chi connectivity index (χ0n) is 15.7. The van der Waals surface area contributed by atoms with Crippen molar-refractivity contribution in [3.05, 3.63) is 101 Å². The molecule has 0 aliphatic rings. The number of nitrogens with one attached hydrogen (secondary N) is 1. The van der Waals surface area contributed by atoms with Crippen LogP contribution >= 0.6 is 0 Å². The molecule has 1 amide bonds. The van der Waals surface area contributed by atoms with Crippen molar-refractivity contribution in [1.29, 1.82) is 0 Å². The van der Waals surface area contributed by atoms with Gasteiger partial charge in [0.1, 0.15) is 18.0 Å². The zero-order valence-corrected chi connectivity index (χ0v) is 15.7. The first-order valence-corrected chi connectivity index (χ1v) is 8.92. The molecule has 0 radical (unpaired) electrons. The minimum atomic E-state index is -0.335. The average Bonchev–Trinajstić information content (AvgIpc) is 2.72. The van der Waals surface area contributed by atoms with Crippen LogP contribution in [0.3, 0.4) is 0 Å². The average molecular weight is 389 g/mol. The van der Waals surface area contributed by atoms with Crippen LogP contribution in [0.2, 0.25) is 0 Å². The highest BCUT2D eigenvalue weighted by molar-refractivity contribution is 5.94. The van der Waals surface area contributed by atoms with E-state index in [9.17, 15) is 9.18 Å². The second kappa shape index (κ2) is 9.36. The fourth-order valence-corrected chi connectivity index (χ4v) is 2.80. The molecule has 0 spiro atoms. The number of anilines is 1. The monoisotopic (exact) mass is 389 g/mol. The minimum Gasteiger partial charge on any atom is -0.383 e. The minimum absolute atomic E-state index is 0.241. The second-order valence-electron chi connectivity index (χ2n) is 6.27. The van der Waals surface area contributed by atoms with Gasteiger partial charge in [0.2, 0.25) is 0 Å². The van der Waals surface area contributed by atoms with Crippen molar-refractivity contribution in [1.82, 2.24) is 15.3 Å². The number of aromatic nitrogens is 2. The van der Waals surface area contributed by atoms with E-state index >= 15 is 0 Å². The summed E-state index contributed by atoms with van der Waals surface area (Å²) in [5.74, 6) is -0.255. The predicted octanol–water partition coefficient (Wildman–Crippen LogP) is 3.28. The molecule has 0 atom stereocenters. The first-order chi connectivity index (χ1) is 14.1. The molecule has 3 rings (SSSR count). The van der Waals surface area contributed by atoms with E-state index in [-0.39, 0.29) is 18.3 Å². The lowest BCUT2D eigenvalue weighted by Gasteiger charge is -2.09. The normalized spacial score (nSPS) is 10.8. The number of amides is 1. The SMILES string of the molecule is C=CN=Cc1c(N)ncnc1Cc1cccc(C(=O)NCc2cccc(F)c2)c1. The van der Waals surface area contributed by atoms with E-state index in [0.29, 0.717) is 34.6 Å². The van der Waals surface area contributed by atoms with Crippen LogP contribution in [0.4, 0.5) is 10.2 Å². The van der Waals surface area contributed by atoms with Crippen molar-refractivity contribution in [2.45, 2.75) is 13.0 Å². The highest BCUT2D eigenvalue weighted by atomic mass is 19.1. The predicted molar refractivity (Wildman–Crippen MR) is 111 cm³/mol. The van der Waals surface area contributed by atoms with Gasteiger partial charge in [0.25, 0.3) is 5.91 Å². The molecule has 7 heteroatoms. The summed E-state index contributed by atoms with van der Waals surface area (Å²) in [6.07, 6.45) is 4.81. The van der Waals surface area contributed by atoms with E-state index in [1.54, 1.807) is 36.5 Å². The number of nitrogens with two attached hydrogens (primary N) is 1. The van der Waals surface area contributed by atoms with Gasteiger partial charge < -0.3 is 11.1 Å². The molecule has 6 nitrogen and oxygen atoms in total. The standard InChI is InChI=1S/C22H20FN5O/c1-2-25-13-19-20(27-14-28-21(19)24)11-15-5-3-7-17(9-15)22(29)26-12-16-6-4-8-18(23)10-16/h2-10,13-14H,1,11-12H2,(H,26,29)(H2,24,27,28). The van der Waals surface area contributed by atoms with Crippen molar-refractivity contribution >= 4 is 17.9 Å². The summed E-state index contributed by atoms with van der Waals surface area (Å²) < 4.78 is 13.3. The summed E-state index contributed by atoms with van der Waals surface area (Å²) in [5.41, 5.74) is 9.32. The van der Waals surface area contributed by atoms with Gasteiger partial charge in [0.15, 0.2) is 0 Å². The molecule has 3 aromatic rings. The maximum absolute atomic E-state index is 13.3. The molecule has 2 aromatic carbocycles. The number of rotatable bonds is 7. The Morgan fingerprint density at radius 3 is 2.76 bits per heavy atom. The number of hydrogen-bond donors (Lipinski definition) is 2. The summed E-state index contributed by atoms with van der Waals surface area (Å²) in [7, 11) is 0. The van der Waals surface area contributed by atoms with E-state index in [0.717, 1.165) is 5.56 Å². The Morgan fingerprint density at radius 2 is 1.97 bits per heavy atom. The third kappa shape index (κ3) is 5.32. The molecule has 0 aliphatic carbocycles. The van der Waals surface area contributed by atoms with Gasteiger partial charge in [-0.3, -0.25) is 9.79 Å². The molecule has 0 aliphatic heterocycles. The highest BCUT2D eigenvalue weighted by Gasteiger charge is 2.11. The first-order valence-electron chi connectivity index (χ1n) is 8.92. The van der Waals surface area contributed by atoms with Crippen molar-refractivity contribution in [3.63, 3.8) is 0 Å². The number of hydrogen-bond acceptors (Lipinski definition) is 5. The Hall–Kier alpha value is -3.87. The molecule has 29 heavy (non-hydrogen) atoms. The van der Waals surface area contributed by atoms with Crippen LogP contribution in [0.1, 0.15) is 32.7 Å². The molecule has 0 saturated carbocycles. The van der Waals surface area contributed by atoms with Crippen molar-refractivity contribution < 1.29 is 9.18 Å². The molecule has 146 valence electrons. The number of carbonyl (C=O) groups is 1. The summed E-state index contributed by atoms with van der Waals surface area (Å²) in [6, 6.07) is 13.3. The van der Waals surface area contributed by atoms with Crippen LogP contribution in [-0.4, -0.2) is 22.1 Å². The number of nitrogen functional groups attached to an aromatic ring is 1. The number of aliphatic imine (C=N–C) groups is 1. The summed E-state index contributed by atoms with van der Waals surface area (Å²) in [4.78, 5) is 24.8. The van der Waals surface area contributed by atoms with Gasteiger partial charge in [0, 0.05) is 30.9 Å². The smallest absolute Gasteiger partial charge is 0.251 e. The maximum atomic E-state index is 13.3. The van der Waals surface area contributed by atoms with Gasteiger partial charge in [-0.1, -0.05) is 30.8 Å². The van der Waals surface area contributed by atoms with Crippen LogP contribution in [0.5, 0.6) is 0 Å². The van der Waals surface area contributed by atoms with E-state index < -0.39 is 0 Å². The number of benzene rings is 2. The Bertz CT molecular complexity index is 1060. The number of nitrogens with zero attached hydrogens (tertiary/aromatic N) is 3. The summed E-state index contributed by atoms with van der Waals surface area (Å²) in [5, 5.41) is 2.80. The number of carbonyl (C=O) groups excluding carboxylic acids is 1. The van der Waals surface area contributed by atoms with Crippen LogP contribution < -0.4 is 11.1 Å². The maximum Gasteiger partial charge on any atom is 0.251 e. The van der Waals surface area contributed by atoms with E-state index in [2.05, 4.69) is 26.9 Å². The molecular weight excluding hydrogens is 369 g/mol. The van der Waals surface area contributed by atoms with Crippen molar-refractivity contribution in [2.75, 3.05) is 5.73 Å². The van der Waals surface area contributed by atoms with Gasteiger partial charge in [-0.2, -0.15) is 0 Å². The molecule has 1 aromatic heterocycles. The first kappa shape index (κ1) is 19.9.